The van der Waals surface area contributed by atoms with Crippen molar-refractivity contribution in [3.63, 3.8) is 0 Å². The highest BCUT2D eigenvalue weighted by Gasteiger charge is 2.63. The molecule has 0 heterocycles. The van der Waals surface area contributed by atoms with Gasteiger partial charge < -0.3 is 15.9 Å². The summed E-state index contributed by atoms with van der Waals surface area (Å²) in [4.78, 5) is 0. The van der Waals surface area contributed by atoms with E-state index in [0.29, 0.717) is 30.0 Å². The molecule has 6 atom stereocenters. The van der Waals surface area contributed by atoms with E-state index in [0.717, 1.165) is 32.1 Å². The summed E-state index contributed by atoms with van der Waals surface area (Å²) < 4.78 is 0. The van der Waals surface area contributed by atoms with Gasteiger partial charge in [-0.25, -0.2) is 0 Å². The summed E-state index contributed by atoms with van der Waals surface area (Å²) in [6.07, 6.45) is 6.92. The summed E-state index contributed by atoms with van der Waals surface area (Å²) >= 11 is 0. The van der Waals surface area contributed by atoms with Gasteiger partial charge in [0.25, 0.3) is 0 Å². The number of rotatable bonds is 2. The number of hydrogen-bond acceptors (Lipinski definition) is 3. The van der Waals surface area contributed by atoms with Crippen molar-refractivity contribution in [2.45, 2.75) is 51.0 Å². The fraction of sp³-hybridized carbons (Fsp3) is 0.619. The van der Waals surface area contributed by atoms with Crippen molar-refractivity contribution in [2.75, 3.05) is 6.54 Å². The molecular formula is C21H29NO2. The fourth-order valence-corrected chi connectivity index (χ4v) is 6.64. The lowest BCUT2D eigenvalue weighted by Crippen LogP contribution is -2.55. The number of aromatic hydroxyl groups is 1. The molecule has 4 rings (SSSR count). The van der Waals surface area contributed by atoms with Crippen molar-refractivity contribution < 1.29 is 10.2 Å². The zero-order valence-corrected chi connectivity index (χ0v) is 14.5. The molecule has 0 spiro atoms. The molecule has 1 aromatic rings. The van der Waals surface area contributed by atoms with Gasteiger partial charge in [0.2, 0.25) is 0 Å². The molecule has 3 heteroatoms. The average Bonchev–Trinajstić information content (AvgIpc) is 2.89. The topological polar surface area (TPSA) is 66.5 Å². The lowest BCUT2D eigenvalue weighted by atomic mass is 9.44. The first kappa shape index (κ1) is 16.2. The average molecular weight is 327 g/mol. The van der Waals surface area contributed by atoms with Gasteiger partial charge in [-0.3, -0.25) is 0 Å². The number of fused-ring (bicyclic) bond motifs is 5. The zero-order chi connectivity index (χ0) is 17.1. The van der Waals surface area contributed by atoms with Crippen molar-refractivity contribution in [2.24, 2.45) is 28.4 Å². The molecule has 2 fully saturated rings. The van der Waals surface area contributed by atoms with Crippen LogP contribution in [0.25, 0.3) is 0 Å². The highest BCUT2D eigenvalue weighted by atomic mass is 16.3. The van der Waals surface area contributed by atoms with E-state index >= 15 is 0 Å². The van der Waals surface area contributed by atoms with E-state index in [1.54, 1.807) is 0 Å². The van der Waals surface area contributed by atoms with Crippen LogP contribution in [-0.4, -0.2) is 22.9 Å². The van der Waals surface area contributed by atoms with Crippen LogP contribution in [0.4, 0.5) is 0 Å². The van der Waals surface area contributed by atoms with Crippen molar-refractivity contribution in [3.05, 3.63) is 42.0 Å². The number of phenols is 1. The fourth-order valence-electron chi connectivity index (χ4n) is 6.64. The van der Waals surface area contributed by atoms with Crippen LogP contribution < -0.4 is 5.73 Å². The maximum Gasteiger partial charge on any atom is 0.115 e. The summed E-state index contributed by atoms with van der Waals surface area (Å²) in [5.74, 6) is 1.52. The normalized spacial score (nSPS) is 43.6. The lowest BCUT2D eigenvalue weighted by molar-refractivity contribution is -0.0772. The molecule has 0 aliphatic heterocycles. The quantitative estimate of drug-likeness (QED) is 0.730. The largest absolute Gasteiger partial charge is 0.508 e. The van der Waals surface area contributed by atoms with Gasteiger partial charge in [0.1, 0.15) is 5.75 Å². The van der Waals surface area contributed by atoms with E-state index in [1.165, 1.54) is 11.1 Å². The summed E-state index contributed by atoms with van der Waals surface area (Å²) in [7, 11) is 0. The Morgan fingerprint density at radius 2 is 2.17 bits per heavy atom. The third-order valence-electron chi connectivity index (χ3n) is 7.66. The Balaban J connectivity index is 1.89. The van der Waals surface area contributed by atoms with Crippen LogP contribution in [0.15, 0.2) is 30.9 Å². The van der Waals surface area contributed by atoms with E-state index in [2.05, 4.69) is 25.6 Å². The first-order valence-electron chi connectivity index (χ1n) is 9.30. The second kappa shape index (κ2) is 5.34. The number of hydrogen-bond donors (Lipinski definition) is 3. The van der Waals surface area contributed by atoms with Crippen molar-refractivity contribution in [1.29, 1.82) is 0 Å². The number of benzene rings is 1. The van der Waals surface area contributed by atoms with Crippen molar-refractivity contribution in [3.8, 4) is 5.75 Å². The Hall–Kier alpha value is -1.32. The third kappa shape index (κ3) is 1.91. The molecular weight excluding hydrogens is 298 g/mol. The molecule has 3 aliphatic carbocycles. The number of aliphatic hydroxyl groups is 1. The number of phenolic OH excluding ortho intramolecular Hbond substituents is 1. The van der Waals surface area contributed by atoms with Gasteiger partial charge in [0.15, 0.2) is 0 Å². The molecule has 3 nitrogen and oxygen atoms in total. The molecule has 130 valence electrons. The van der Waals surface area contributed by atoms with E-state index in [1.807, 2.05) is 12.1 Å². The zero-order valence-electron chi connectivity index (χ0n) is 14.5. The maximum absolute atomic E-state index is 10.7. The van der Waals surface area contributed by atoms with Crippen molar-refractivity contribution in [1.82, 2.24) is 0 Å². The lowest BCUT2D eigenvalue weighted by Gasteiger charge is -2.60. The highest BCUT2D eigenvalue weighted by Crippen LogP contribution is 2.68. The summed E-state index contributed by atoms with van der Waals surface area (Å²) in [5, 5.41) is 20.6. The number of allylic oxidation sites excluding steroid dienone is 1. The molecule has 0 saturated heterocycles. The number of aryl methyl sites for hydroxylation is 1. The maximum atomic E-state index is 10.7. The molecule has 3 aliphatic rings. The highest BCUT2D eigenvalue weighted by molar-refractivity contribution is 5.43. The standard InChI is InChI=1S/C21H29NO2/c1-3-21-9-8-13-10-15(23)4-5-16(13)19(21)14(12-22)11-20(2)17(21)6-7-18(20)24/h3-5,10,14,17-19,23-24H,1,6-9,11-12,22H2,2H3/t14-,17?,18+,19?,20+,21+/m1/s1. The molecule has 4 N–H and O–H groups in total. The van der Waals surface area contributed by atoms with E-state index in [-0.39, 0.29) is 16.9 Å². The Bertz CT molecular complexity index is 672. The van der Waals surface area contributed by atoms with Gasteiger partial charge in [-0.05, 0) is 90.5 Å². The van der Waals surface area contributed by atoms with Crippen LogP contribution in [0.2, 0.25) is 0 Å². The van der Waals surface area contributed by atoms with Crippen LogP contribution in [0.5, 0.6) is 5.75 Å². The minimum atomic E-state index is -0.226. The Kier molecular flexibility index (Phi) is 3.59. The number of nitrogens with two attached hydrogens (primary N) is 1. The van der Waals surface area contributed by atoms with Crippen LogP contribution in [-0.2, 0) is 6.42 Å². The molecule has 2 saturated carbocycles. The summed E-state index contributed by atoms with van der Waals surface area (Å²) in [6.45, 7) is 7.17. The first-order chi connectivity index (χ1) is 11.5. The predicted molar refractivity (Wildman–Crippen MR) is 95.8 cm³/mol. The second-order valence-electron chi connectivity index (χ2n) is 8.53. The minimum Gasteiger partial charge on any atom is -0.508 e. The first-order valence-corrected chi connectivity index (χ1v) is 9.30. The summed E-state index contributed by atoms with van der Waals surface area (Å²) in [6, 6.07) is 5.83. The minimum absolute atomic E-state index is 0.0124. The van der Waals surface area contributed by atoms with Gasteiger partial charge >= 0.3 is 0 Å². The molecule has 0 radical (unpaired) electrons. The van der Waals surface area contributed by atoms with Gasteiger partial charge in [-0.2, -0.15) is 0 Å². The monoisotopic (exact) mass is 327 g/mol. The van der Waals surface area contributed by atoms with Gasteiger partial charge in [-0.15, -0.1) is 6.58 Å². The van der Waals surface area contributed by atoms with Crippen LogP contribution in [0.1, 0.15) is 49.7 Å². The van der Waals surface area contributed by atoms with E-state index < -0.39 is 0 Å². The van der Waals surface area contributed by atoms with Gasteiger partial charge in [0, 0.05) is 0 Å². The molecule has 0 amide bonds. The van der Waals surface area contributed by atoms with E-state index in [9.17, 15) is 10.2 Å². The Morgan fingerprint density at radius 3 is 2.88 bits per heavy atom. The molecule has 1 aromatic carbocycles. The predicted octanol–water partition coefficient (Wildman–Crippen LogP) is 3.35. The van der Waals surface area contributed by atoms with Gasteiger partial charge in [0.05, 0.1) is 6.10 Å². The molecule has 0 aromatic heterocycles. The second-order valence-corrected chi connectivity index (χ2v) is 8.53. The molecule has 2 unspecified atom stereocenters. The third-order valence-corrected chi connectivity index (χ3v) is 7.66. The summed E-state index contributed by atoms with van der Waals surface area (Å²) in [5.41, 5.74) is 8.80. The SMILES string of the molecule is C=C[C@@]12CCc3cc(O)ccc3C1[C@@H](CN)C[C@@]1(C)C2CC[C@@H]1O. The molecule has 0 bridgehead atoms. The van der Waals surface area contributed by atoms with Crippen LogP contribution >= 0.6 is 0 Å². The Morgan fingerprint density at radius 1 is 1.38 bits per heavy atom. The van der Waals surface area contributed by atoms with Crippen molar-refractivity contribution >= 4 is 0 Å². The Labute approximate surface area is 144 Å². The van der Waals surface area contributed by atoms with Gasteiger partial charge in [-0.1, -0.05) is 19.1 Å². The van der Waals surface area contributed by atoms with Crippen LogP contribution in [0.3, 0.4) is 0 Å². The van der Waals surface area contributed by atoms with Crippen LogP contribution in [0, 0.1) is 22.7 Å². The number of aliphatic hydroxyl groups excluding tert-OH is 1. The van der Waals surface area contributed by atoms with E-state index in [4.69, 9.17) is 5.73 Å². The smallest absolute Gasteiger partial charge is 0.115 e. The molecule has 24 heavy (non-hydrogen) atoms.